The molecule has 2 heterocycles. The summed E-state index contributed by atoms with van der Waals surface area (Å²) in [6.45, 7) is 5.79. The van der Waals surface area contributed by atoms with E-state index < -0.39 is 23.6 Å². The second-order valence-electron chi connectivity index (χ2n) is 8.29. The Morgan fingerprint density at radius 2 is 1.84 bits per heavy atom. The standard InChI is InChI=1S/C22H25ClN4O3S/c1-22(2,3)18(26-21(29)30)17(13-8-6-5-7-9-13)25-20(28)16-12-14(19(23)31-16)15-10-11-24-27(15)4/h5-12,17-18,26H,1-4H3,(H,25,28)(H,29,30)/t17-,18?/m0/s1. The number of carbonyl (C=O) groups excluding carboxylic acids is 1. The van der Waals surface area contributed by atoms with Gasteiger partial charge in [0, 0.05) is 18.8 Å². The van der Waals surface area contributed by atoms with Crippen LogP contribution in [0.4, 0.5) is 4.79 Å². The molecule has 3 N–H and O–H groups in total. The van der Waals surface area contributed by atoms with Gasteiger partial charge in [0.2, 0.25) is 0 Å². The minimum atomic E-state index is -1.15. The first-order chi connectivity index (χ1) is 14.6. The molecular formula is C22H25ClN4O3S. The maximum atomic E-state index is 13.2. The van der Waals surface area contributed by atoms with Gasteiger partial charge in [0.05, 0.1) is 22.7 Å². The van der Waals surface area contributed by atoms with Crippen LogP contribution in [0.15, 0.2) is 48.7 Å². The molecule has 0 fully saturated rings. The largest absolute Gasteiger partial charge is 0.465 e. The van der Waals surface area contributed by atoms with Crippen LogP contribution < -0.4 is 10.6 Å². The number of hydrogen-bond acceptors (Lipinski definition) is 4. The van der Waals surface area contributed by atoms with Crippen molar-refractivity contribution in [1.82, 2.24) is 20.4 Å². The molecule has 2 atom stereocenters. The Hall–Kier alpha value is -2.84. The number of hydrogen-bond donors (Lipinski definition) is 3. The van der Waals surface area contributed by atoms with Crippen molar-refractivity contribution in [2.24, 2.45) is 12.5 Å². The molecule has 0 saturated carbocycles. The molecule has 3 rings (SSSR count). The van der Waals surface area contributed by atoms with Crippen LogP contribution in [0.1, 0.15) is 42.0 Å². The summed E-state index contributed by atoms with van der Waals surface area (Å²) in [5, 5.41) is 19.2. The average molecular weight is 461 g/mol. The number of nitrogens with zero attached hydrogens (tertiary/aromatic N) is 2. The van der Waals surface area contributed by atoms with Gasteiger partial charge in [-0.15, -0.1) is 11.3 Å². The molecule has 3 aromatic rings. The zero-order valence-corrected chi connectivity index (χ0v) is 19.3. The van der Waals surface area contributed by atoms with Gasteiger partial charge in [-0.05, 0) is 23.1 Å². The van der Waals surface area contributed by atoms with Crippen molar-refractivity contribution in [3.63, 3.8) is 0 Å². The lowest BCUT2D eigenvalue weighted by Crippen LogP contribution is -2.52. The minimum absolute atomic E-state index is 0.324. The number of thiophene rings is 1. The molecule has 31 heavy (non-hydrogen) atoms. The van der Waals surface area contributed by atoms with Crippen molar-refractivity contribution < 1.29 is 14.7 Å². The third-order valence-electron chi connectivity index (χ3n) is 5.00. The molecule has 0 saturated heterocycles. The van der Waals surface area contributed by atoms with Crippen LogP contribution in [0.5, 0.6) is 0 Å². The van der Waals surface area contributed by atoms with Crippen LogP contribution >= 0.6 is 22.9 Å². The van der Waals surface area contributed by atoms with Gasteiger partial charge in [0.25, 0.3) is 5.91 Å². The van der Waals surface area contributed by atoms with Crippen LogP contribution in [0.25, 0.3) is 11.3 Å². The van der Waals surface area contributed by atoms with E-state index in [1.54, 1.807) is 24.0 Å². The van der Waals surface area contributed by atoms with Crippen LogP contribution in [0.2, 0.25) is 4.34 Å². The number of halogens is 1. The summed E-state index contributed by atoms with van der Waals surface area (Å²) in [5.74, 6) is -0.324. The molecule has 7 nitrogen and oxygen atoms in total. The maximum Gasteiger partial charge on any atom is 0.404 e. The summed E-state index contributed by atoms with van der Waals surface area (Å²) in [7, 11) is 1.81. The predicted octanol–water partition coefficient (Wildman–Crippen LogP) is 4.96. The van der Waals surface area contributed by atoms with E-state index in [1.165, 1.54) is 11.3 Å². The van der Waals surface area contributed by atoms with E-state index in [4.69, 9.17) is 11.6 Å². The SMILES string of the molecule is Cn1nccc1-c1cc(C(=O)N[C@@H](c2ccccc2)C(NC(=O)O)C(C)(C)C)sc1Cl. The van der Waals surface area contributed by atoms with Gasteiger partial charge in [0.1, 0.15) is 4.34 Å². The van der Waals surface area contributed by atoms with E-state index in [0.29, 0.717) is 9.21 Å². The highest BCUT2D eigenvalue weighted by molar-refractivity contribution is 7.18. The lowest BCUT2D eigenvalue weighted by molar-refractivity contribution is 0.0904. The van der Waals surface area contributed by atoms with Gasteiger partial charge in [-0.1, -0.05) is 62.7 Å². The smallest absolute Gasteiger partial charge is 0.404 e. The second kappa shape index (κ2) is 9.11. The minimum Gasteiger partial charge on any atom is -0.465 e. The van der Waals surface area contributed by atoms with Crippen molar-refractivity contribution in [2.75, 3.05) is 0 Å². The molecule has 2 amide bonds. The molecule has 9 heteroatoms. The summed E-state index contributed by atoms with van der Waals surface area (Å²) in [4.78, 5) is 25.2. The van der Waals surface area contributed by atoms with Gasteiger partial charge in [0.15, 0.2) is 0 Å². The lowest BCUT2D eigenvalue weighted by Gasteiger charge is -2.37. The van der Waals surface area contributed by atoms with Crippen LogP contribution in [0, 0.1) is 5.41 Å². The van der Waals surface area contributed by atoms with E-state index in [0.717, 1.165) is 16.8 Å². The highest BCUT2D eigenvalue weighted by atomic mass is 35.5. The van der Waals surface area contributed by atoms with Crippen LogP contribution in [-0.4, -0.2) is 32.9 Å². The summed E-state index contributed by atoms with van der Waals surface area (Å²) in [6.07, 6.45) is 0.521. The Balaban J connectivity index is 1.96. The van der Waals surface area contributed by atoms with E-state index in [1.807, 2.05) is 57.2 Å². The quantitative estimate of drug-likeness (QED) is 0.484. The first kappa shape index (κ1) is 22.8. The molecular weight excluding hydrogens is 436 g/mol. The third kappa shape index (κ3) is 5.26. The zero-order valence-electron chi connectivity index (χ0n) is 17.7. The Labute approximate surface area is 190 Å². The van der Waals surface area contributed by atoms with Crippen LogP contribution in [0.3, 0.4) is 0 Å². The Kier molecular flexibility index (Phi) is 6.71. The monoisotopic (exact) mass is 460 g/mol. The van der Waals surface area contributed by atoms with Gasteiger partial charge in [-0.25, -0.2) is 4.79 Å². The highest BCUT2D eigenvalue weighted by Gasteiger charge is 2.36. The molecule has 0 aliphatic rings. The lowest BCUT2D eigenvalue weighted by atomic mass is 9.79. The number of nitrogens with one attached hydrogen (secondary N) is 2. The number of benzene rings is 1. The Morgan fingerprint density at radius 1 is 1.16 bits per heavy atom. The number of rotatable bonds is 6. The molecule has 164 valence electrons. The van der Waals surface area contributed by atoms with E-state index in [-0.39, 0.29) is 5.91 Å². The van der Waals surface area contributed by atoms with Crippen molar-refractivity contribution in [3.8, 4) is 11.3 Å². The molecule has 0 aliphatic heterocycles. The molecule has 0 bridgehead atoms. The van der Waals surface area contributed by atoms with Crippen molar-refractivity contribution in [1.29, 1.82) is 0 Å². The van der Waals surface area contributed by atoms with Gasteiger partial charge < -0.3 is 15.7 Å². The number of amides is 2. The third-order valence-corrected chi connectivity index (χ3v) is 6.36. The number of carboxylic acid groups (broad SMARTS) is 1. The van der Waals surface area contributed by atoms with E-state index in [9.17, 15) is 14.7 Å². The molecule has 0 radical (unpaired) electrons. The van der Waals surface area contributed by atoms with E-state index in [2.05, 4.69) is 15.7 Å². The summed E-state index contributed by atoms with van der Waals surface area (Å²) in [5.41, 5.74) is 1.88. The molecule has 1 unspecified atom stereocenters. The average Bonchev–Trinajstić information content (AvgIpc) is 3.29. The summed E-state index contributed by atoms with van der Waals surface area (Å²) < 4.78 is 2.18. The van der Waals surface area contributed by atoms with Gasteiger partial charge >= 0.3 is 6.09 Å². The first-order valence-corrected chi connectivity index (χ1v) is 10.9. The fourth-order valence-electron chi connectivity index (χ4n) is 3.46. The summed E-state index contributed by atoms with van der Waals surface area (Å²) in [6, 6.07) is 11.8. The maximum absolute atomic E-state index is 13.2. The second-order valence-corrected chi connectivity index (χ2v) is 9.95. The molecule has 0 aliphatic carbocycles. The predicted molar refractivity (Wildman–Crippen MR) is 123 cm³/mol. The normalized spacial score (nSPS) is 13.5. The molecule has 0 spiro atoms. The van der Waals surface area contributed by atoms with Crippen molar-refractivity contribution in [2.45, 2.75) is 32.9 Å². The van der Waals surface area contributed by atoms with Crippen molar-refractivity contribution >= 4 is 34.9 Å². The zero-order chi connectivity index (χ0) is 22.8. The Bertz CT molecular complexity index is 1070. The Morgan fingerprint density at radius 3 is 2.39 bits per heavy atom. The summed E-state index contributed by atoms with van der Waals surface area (Å²) >= 11 is 7.59. The first-order valence-electron chi connectivity index (χ1n) is 9.71. The van der Waals surface area contributed by atoms with Crippen LogP contribution in [-0.2, 0) is 7.05 Å². The number of carbonyl (C=O) groups is 2. The van der Waals surface area contributed by atoms with Gasteiger partial charge in [-0.2, -0.15) is 5.10 Å². The fourth-order valence-corrected chi connectivity index (χ4v) is 4.65. The van der Waals surface area contributed by atoms with Gasteiger partial charge in [-0.3, -0.25) is 9.48 Å². The fraction of sp³-hybridized carbons (Fsp3) is 0.318. The van der Waals surface area contributed by atoms with Crippen molar-refractivity contribution in [3.05, 3.63) is 63.4 Å². The number of aryl methyl sites for hydroxylation is 1. The highest BCUT2D eigenvalue weighted by Crippen LogP contribution is 2.36. The topological polar surface area (TPSA) is 96.3 Å². The molecule has 1 aromatic carbocycles. The number of aromatic nitrogens is 2. The molecule has 2 aromatic heterocycles. The van der Waals surface area contributed by atoms with E-state index >= 15 is 0 Å².